The fourth-order valence-electron chi connectivity index (χ4n) is 3.12. The molecule has 0 aliphatic carbocycles. The summed E-state index contributed by atoms with van der Waals surface area (Å²) >= 11 is 0. The number of nitrogens with zero attached hydrogens (tertiary/aromatic N) is 2. The molecule has 0 spiro atoms. The van der Waals surface area contributed by atoms with Gasteiger partial charge in [0.25, 0.3) is 0 Å². The second kappa shape index (κ2) is 10.8. The molecule has 26 heavy (non-hydrogen) atoms. The van der Waals surface area contributed by atoms with E-state index in [1.54, 1.807) is 0 Å². The zero-order valence-corrected chi connectivity index (χ0v) is 18.6. The summed E-state index contributed by atoms with van der Waals surface area (Å²) in [5.41, 5.74) is 0.423. The maximum absolute atomic E-state index is 13.4. The number of benzene rings is 1. The smallest absolute Gasteiger partial charge is 0.550 e. The minimum Gasteiger partial charge on any atom is -0.550 e. The molecule has 2 atom stereocenters. The normalized spacial score (nSPS) is 20.3. The second-order valence-electron chi connectivity index (χ2n) is 6.68. The Balaban J connectivity index is 0.00000338. The van der Waals surface area contributed by atoms with E-state index < -0.39 is 17.6 Å². The molecule has 0 radical (unpaired) electrons. The molecule has 0 bridgehead atoms. The summed E-state index contributed by atoms with van der Waals surface area (Å²) in [5, 5.41) is 10.8. The maximum atomic E-state index is 13.4. The Morgan fingerprint density at radius 2 is 2.00 bits per heavy atom. The summed E-state index contributed by atoms with van der Waals surface area (Å²) in [4.78, 5) is 27.2. The molecule has 1 aliphatic heterocycles. The molecule has 0 unspecified atom stereocenters. The molecule has 1 amide bonds. The summed E-state index contributed by atoms with van der Waals surface area (Å²) in [6, 6.07) is 3.69. The summed E-state index contributed by atoms with van der Waals surface area (Å²) in [6.45, 7) is 2.86. The Bertz CT molecular complexity index is 645. The van der Waals surface area contributed by atoms with Gasteiger partial charge in [-0.25, -0.2) is 8.78 Å². The number of piperidine rings is 1. The molecule has 2 rings (SSSR count). The quantitative estimate of drug-likeness (QED) is 0.534. The molecule has 1 saturated heterocycles. The van der Waals surface area contributed by atoms with Crippen molar-refractivity contribution < 1.29 is 74.9 Å². The number of carbonyl (C=O) groups excluding carboxylic acids is 2. The summed E-state index contributed by atoms with van der Waals surface area (Å²) in [5.74, 6) is -3.54. The second-order valence-corrected chi connectivity index (χ2v) is 6.68. The van der Waals surface area contributed by atoms with Crippen molar-refractivity contribution in [3.63, 3.8) is 0 Å². The number of rotatable bonds is 6. The van der Waals surface area contributed by atoms with Gasteiger partial charge >= 0.3 is 51.4 Å². The van der Waals surface area contributed by atoms with Crippen LogP contribution in [0.3, 0.4) is 0 Å². The molecule has 5 nitrogen and oxygen atoms in total. The van der Waals surface area contributed by atoms with E-state index in [4.69, 9.17) is 0 Å². The van der Waals surface area contributed by atoms with Crippen LogP contribution in [0.15, 0.2) is 18.2 Å². The molecule has 1 aromatic carbocycles. The van der Waals surface area contributed by atoms with Crippen LogP contribution in [0.5, 0.6) is 0 Å². The molecule has 8 heteroatoms. The monoisotopic (exact) mass is 392 g/mol. The SMILES string of the molecule is C[C@H]1C[C@@H](C(=O)N(CCC(=O)[O-])Cc2ccc(F)c(F)c2)CCN1C.[K+]. The molecule has 0 N–H and O–H groups in total. The Hall–Kier alpha value is -0.384. The van der Waals surface area contributed by atoms with Crippen LogP contribution in [-0.4, -0.2) is 47.9 Å². The topological polar surface area (TPSA) is 63.7 Å². The Labute approximate surface area is 195 Å². The molecule has 0 aromatic heterocycles. The first-order chi connectivity index (χ1) is 11.8. The van der Waals surface area contributed by atoms with Crippen molar-refractivity contribution >= 4 is 11.9 Å². The molecular formula is C18H23F2KN2O3. The standard InChI is InChI=1S/C18H24F2N2O3.K/c1-12-9-14(5-7-21(12)2)18(25)22(8-6-17(23)24)11-13-3-4-15(19)16(20)10-13;/h3-4,10,12,14H,5-9,11H2,1-2H3,(H,23,24);/q;+1/p-1/t12-,14-;/m0./s1. The van der Waals surface area contributed by atoms with Gasteiger partial charge in [-0.1, -0.05) is 6.07 Å². The molecule has 138 valence electrons. The largest absolute Gasteiger partial charge is 1.00 e. The number of hydrogen-bond acceptors (Lipinski definition) is 4. The fourth-order valence-corrected chi connectivity index (χ4v) is 3.12. The predicted molar refractivity (Wildman–Crippen MR) is 86.2 cm³/mol. The molecule has 1 heterocycles. The summed E-state index contributed by atoms with van der Waals surface area (Å²) in [7, 11) is 2.00. The first-order valence-corrected chi connectivity index (χ1v) is 8.40. The van der Waals surface area contributed by atoms with Gasteiger partial charge in [0, 0.05) is 37.4 Å². The third-order valence-corrected chi connectivity index (χ3v) is 4.81. The van der Waals surface area contributed by atoms with Crippen LogP contribution in [0, 0.1) is 17.6 Å². The van der Waals surface area contributed by atoms with Gasteiger partial charge in [0.2, 0.25) is 5.91 Å². The number of halogens is 2. The van der Waals surface area contributed by atoms with Gasteiger partial charge in [0.05, 0.1) is 0 Å². The first-order valence-electron chi connectivity index (χ1n) is 8.40. The van der Waals surface area contributed by atoms with Gasteiger partial charge in [-0.15, -0.1) is 0 Å². The third-order valence-electron chi connectivity index (χ3n) is 4.81. The van der Waals surface area contributed by atoms with Gasteiger partial charge in [-0.3, -0.25) is 4.79 Å². The van der Waals surface area contributed by atoms with Crippen molar-refractivity contribution in [2.24, 2.45) is 5.92 Å². The number of carboxylic acids is 1. The van der Waals surface area contributed by atoms with Gasteiger partial charge in [0.15, 0.2) is 11.6 Å². The van der Waals surface area contributed by atoms with Crippen LogP contribution in [-0.2, 0) is 16.1 Å². The van der Waals surface area contributed by atoms with Crippen LogP contribution in [0.25, 0.3) is 0 Å². The molecular weight excluding hydrogens is 369 g/mol. The van der Waals surface area contributed by atoms with Crippen molar-refractivity contribution in [1.29, 1.82) is 0 Å². The molecule has 1 fully saturated rings. The van der Waals surface area contributed by atoms with E-state index in [2.05, 4.69) is 4.90 Å². The summed E-state index contributed by atoms with van der Waals surface area (Å²) in [6.07, 6.45) is 1.09. The van der Waals surface area contributed by atoms with Crippen molar-refractivity contribution in [3.8, 4) is 0 Å². The van der Waals surface area contributed by atoms with E-state index in [1.807, 2.05) is 14.0 Å². The minimum atomic E-state index is -1.25. The van der Waals surface area contributed by atoms with Gasteiger partial charge in [-0.2, -0.15) is 0 Å². The van der Waals surface area contributed by atoms with Crippen molar-refractivity contribution in [2.75, 3.05) is 20.1 Å². The molecule has 1 aromatic rings. The zero-order chi connectivity index (χ0) is 18.6. The van der Waals surface area contributed by atoms with Crippen LogP contribution in [0.1, 0.15) is 31.7 Å². The van der Waals surface area contributed by atoms with E-state index in [1.165, 1.54) is 11.0 Å². The Morgan fingerprint density at radius 1 is 1.31 bits per heavy atom. The van der Waals surface area contributed by atoms with Crippen molar-refractivity contribution in [1.82, 2.24) is 9.80 Å². The van der Waals surface area contributed by atoms with Crippen LogP contribution in [0.2, 0.25) is 0 Å². The maximum Gasteiger partial charge on any atom is 1.00 e. The predicted octanol–water partition coefficient (Wildman–Crippen LogP) is -1.83. The fraction of sp³-hybridized carbons (Fsp3) is 0.556. The van der Waals surface area contributed by atoms with Crippen LogP contribution in [0.4, 0.5) is 8.78 Å². The van der Waals surface area contributed by atoms with E-state index >= 15 is 0 Å². The molecule has 1 aliphatic rings. The Kier molecular flexibility index (Phi) is 9.85. The van der Waals surface area contributed by atoms with Crippen molar-refractivity contribution in [3.05, 3.63) is 35.4 Å². The number of hydrogen-bond donors (Lipinski definition) is 0. The van der Waals surface area contributed by atoms with E-state index in [0.717, 1.165) is 18.7 Å². The van der Waals surface area contributed by atoms with E-state index in [-0.39, 0.29) is 88.8 Å². The van der Waals surface area contributed by atoms with Crippen molar-refractivity contribution in [2.45, 2.75) is 38.8 Å². The minimum absolute atomic E-state index is 0. The number of carbonyl (C=O) groups is 2. The number of amides is 1. The summed E-state index contributed by atoms with van der Waals surface area (Å²) < 4.78 is 26.5. The van der Waals surface area contributed by atoms with Gasteiger partial charge in [0.1, 0.15) is 0 Å². The average Bonchev–Trinajstić information content (AvgIpc) is 2.56. The number of aliphatic carboxylic acids is 1. The Morgan fingerprint density at radius 3 is 2.58 bits per heavy atom. The van der Waals surface area contributed by atoms with Gasteiger partial charge in [-0.05, 0) is 51.1 Å². The van der Waals surface area contributed by atoms with E-state index in [0.29, 0.717) is 18.4 Å². The molecule has 0 saturated carbocycles. The van der Waals surface area contributed by atoms with Crippen LogP contribution >= 0.6 is 0 Å². The van der Waals surface area contributed by atoms with Gasteiger partial charge < -0.3 is 19.7 Å². The first kappa shape index (κ1) is 23.7. The number of likely N-dealkylation sites (tertiary alicyclic amines) is 1. The van der Waals surface area contributed by atoms with Crippen LogP contribution < -0.4 is 56.5 Å². The number of carboxylic acid groups (broad SMARTS) is 1. The van der Waals surface area contributed by atoms with E-state index in [9.17, 15) is 23.5 Å². The average molecular weight is 392 g/mol. The zero-order valence-electron chi connectivity index (χ0n) is 15.5. The third kappa shape index (κ3) is 6.65.